The van der Waals surface area contributed by atoms with Crippen molar-refractivity contribution in [3.63, 3.8) is 0 Å². The Morgan fingerprint density at radius 1 is 1.10 bits per heavy atom. The van der Waals surface area contributed by atoms with Crippen molar-refractivity contribution >= 4 is 34.7 Å². The van der Waals surface area contributed by atoms with Gasteiger partial charge in [-0.1, -0.05) is 13.0 Å². The number of anilines is 4. The molecule has 0 aliphatic carbocycles. The second kappa shape index (κ2) is 8.95. The van der Waals surface area contributed by atoms with Gasteiger partial charge in [-0.2, -0.15) is 0 Å². The molecule has 2 heterocycles. The molecule has 3 N–H and O–H groups in total. The predicted molar refractivity (Wildman–Crippen MR) is 122 cm³/mol. The van der Waals surface area contributed by atoms with Crippen LogP contribution in [0.3, 0.4) is 0 Å². The summed E-state index contributed by atoms with van der Waals surface area (Å²) in [4.78, 5) is 33.1. The van der Waals surface area contributed by atoms with Crippen molar-refractivity contribution in [2.75, 3.05) is 16.0 Å². The van der Waals surface area contributed by atoms with Crippen molar-refractivity contribution in [1.82, 2.24) is 9.97 Å². The number of rotatable bonds is 5. The number of amides is 2. The Morgan fingerprint density at radius 3 is 2.77 bits per heavy atom. The van der Waals surface area contributed by atoms with Gasteiger partial charge in [0.05, 0.1) is 0 Å². The average molecular weight is 415 g/mol. The number of nitrogens with one attached hydrogen (secondary N) is 3. The van der Waals surface area contributed by atoms with Crippen LogP contribution in [-0.4, -0.2) is 21.8 Å². The third-order valence-corrected chi connectivity index (χ3v) is 5.31. The molecule has 0 fully saturated rings. The summed E-state index contributed by atoms with van der Waals surface area (Å²) >= 11 is 0. The first-order valence-corrected chi connectivity index (χ1v) is 10.4. The van der Waals surface area contributed by atoms with Gasteiger partial charge < -0.3 is 16.0 Å². The van der Waals surface area contributed by atoms with E-state index in [0.29, 0.717) is 17.8 Å². The maximum absolute atomic E-state index is 13.0. The lowest BCUT2D eigenvalue weighted by atomic mass is 10.0. The number of fused-ring (bicyclic) bond motifs is 1. The molecule has 31 heavy (non-hydrogen) atoms. The van der Waals surface area contributed by atoms with Crippen LogP contribution in [0.4, 0.5) is 22.9 Å². The Kier molecular flexibility index (Phi) is 5.93. The van der Waals surface area contributed by atoms with E-state index >= 15 is 0 Å². The van der Waals surface area contributed by atoms with Gasteiger partial charge in [0.15, 0.2) is 0 Å². The number of hydrogen-bond acceptors (Lipinski definition) is 5. The highest BCUT2D eigenvalue weighted by Crippen LogP contribution is 2.26. The molecule has 2 aromatic carbocycles. The highest BCUT2D eigenvalue weighted by atomic mass is 16.2. The van der Waals surface area contributed by atoms with Crippen molar-refractivity contribution in [3.8, 4) is 0 Å². The minimum absolute atomic E-state index is 0.0201. The fraction of sp³-hybridized carbons (Fsp3) is 0.250. The summed E-state index contributed by atoms with van der Waals surface area (Å²) in [5, 5.41) is 9.21. The molecule has 0 atom stereocenters. The molecule has 0 unspecified atom stereocenters. The summed E-state index contributed by atoms with van der Waals surface area (Å²) < 4.78 is 0. The second-order valence-corrected chi connectivity index (χ2v) is 7.62. The molecule has 158 valence electrons. The third-order valence-electron chi connectivity index (χ3n) is 5.31. The van der Waals surface area contributed by atoms with Crippen LogP contribution in [0.5, 0.6) is 0 Å². The molecule has 2 amide bonds. The zero-order chi connectivity index (χ0) is 21.8. The smallest absolute Gasteiger partial charge is 0.255 e. The Balaban J connectivity index is 1.56. The summed E-state index contributed by atoms with van der Waals surface area (Å²) in [7, 11) is 0. The Hall–Kier alpha value is -3.74. The van der Waals surface area contributed by atoms with E-state index in [0.717, 1.165) is 53.1 Å². The molecule has 4 rings (SSSR count). The molecule has 1 aromatic heterocycles. The lowest BCUT2D eigenvalue weighted by Crippen LogP contribution is -2.14. The number of aryl methyl sites for hydroxylation is 3. The molecule has 1 aliphatic heterocycles. The van der Waals surface area contributed by atoms with E-state index in [9.17, 15) is 9.59 Å². The number of nitrogens with zero attached hydrogens (tertiary/aromatic N) is 2. The van der Waals surface area contributed by atoms with E-state index in [2.05, 4.69) is 32.8 Å². The van der Waals surface area contributed by atoms with Crippen molar-refractivity contribution in [2.24, 2.45) is 0 Å². The van der Waals surface area contributed by atoms with Gasteiger partial charge in [-0.25, -0.2) is 9.97 Å². The summed E-state index contributed by atoms with van der Waals surface area (Å²) in [6.07, 6.45) is 4.36. The average Bonchev–Trinajstić information content (AvgIpc) is 2.94. The van der Waals surface area contributed by atoms with Crippen molar-refractivity contribution < 1.29 is 9.59 Å². The maximum Gasteiger partial charge on any atom is 0.255 e. The molecular weight excluding hydrogens is 390 g/mol. The van der Waals surface area contributed by atoms with Gasteiger partial charge in [0.1, 0.15) is 12.1 Å². The van der Waals surface area contributed by atoms with Crippen LogP contribution in [0.25, 0.3) is 0 Å². The molecule has 3 aromatic rings. The number of hydrogen-bond donors (Lipinski definition) is 3. The molecule has 7 nitrogen and oxygen atoms in total. The van der Waals surface area contributed by atoms with Gasteiger partial charge in [-0.15, -0.1) is 0 Å². The largest absolute Gasteiger partial charge is 0.340 e. The van der Waals surface area contributed by atoms with Crippen molar-refractivity contribution in [1.29, 1.82) is 0 Å². The summed E-state index contributed by atoms with van der Waals surface area (Å²) in [6.45, 7) is 3.96. The Morgan fingerprint density at radius 2 is 1.97 bits per heavy atom. The SMILES string of the molecule is CCc1ccc(Nc2cc(C)ncn2)cc1NC(=O)c1ccc2c(c1)CCCC(=O)N2. The van der Waals surface area contributed by atoms with E-state index in [1.54, 1.807) is 6.07 Å². The Bertz CT molecular complexity index is 1140. The molecule has 1 aliphatic rings. The number of carbonyl (C=O) groups excluding carboxylic acids is 2. The van der Waals surface area contributed by atoms with Gasteiger partial charge in [0.2, 0.25) is 5.91 Å². The number of aromatic nitrogens is 2. The van der Waals surface area contributed by atoms with Gasteiger partial charge in [-0.05, 0) is 67.6 Å². The first kappa shape index (κ1) is 20.5. The van der Waals surface area contributed by atoms with Crippen LogP contribution >= 0.6 is 0 Å². The summed E-state index contributed by atoms with van der Waals surface area (Å²) in [6, 6.07) is 13.2. The minimum Gasteiger partial charge on any atom is -0.340 e. The van der Waals surface area contributed by atoms with Crippen molar-refractivity contribution in [2.45, 2.75) is 39.5 Å². The minimum atomic E-state index is -0.178. The topological polar surface area (TPSA) is 96.0 Å². The fourth-order valence-electron chi connectivity index (χ4n) is 3.66. The van der Waals surface area contributed by atoms with Crippen LogP contribution in [-0.2, 0) is 17.6 Å². The summed E-state index contributed by atoms with van der Waals surface area (Å²) in [5.41, 5.74) is 5.85. The third kappa shape index (κ3) is 4.88. The van der Waals surface area contributed by atoms with E-state index in [4.69, 9.17) is 0 Å². The van der Waals surface area contributed by atoms with Crippen LogP contribution < -0.4 is 16.0 Å². The number of carbonyl (C=O) groups is 2. The highest BCUT2D eigenvalue weighted by molar-refractivity contribution is 6.05. The lowest BCUT2D eigenvalue weighted by molar-refractivity contribution is -0.116. The first-order chi connectivity index (χ1) is 15.0. The zero-order valence-electron chi connectivity index (χ0n) is 17.7. The Labute approximate surface area is 181 Å². The summed E-state index contributed by atoms with van der Waals surface area (Å²) in [5.74, 6) is 0.539. The molecule has 0 radical (unpaired) electrons. The number of benzene rings is 2. The van der Waals surface area contributed by atoms with Crippen molar-refractivity contribution in [3.05, 3.63) is 71.2 Å². The van der Waals surface area contributed by atoms with Gasteiger partial charge in [-0.3, -0.25) is 9.59 Å². The molecule has 7 heteroatoms. The van der Waals surface area contributed by atoms with E-state index in [-0.39, 0.29) is 11.8 Å². The normalized spacial score (nSPS) is 13.0. The van der Waals surface area contributed by atoms with E-state index in [1.807, 2.05) is 43.3 Å². The van der Waals surface area contributed by atoms with Crippen LogP contribution in [0, 0.1) is 6.92 Å². The zero-order valence-corrected chi connectivity index (χ0v) is 17.7. The molecule has 0 spiro atoms. The highest BCUT2D eigenvalue weighted by Gasteiger charge is 2.16. The first-order valence-electron chi connectivity index (χ1n) is 10.4. The molecule has 0 bridgehead atoms. The van der Waals surface area contributed by atoms with Gasteiger partial charge in [0, 0.05) is 40.8 Å². The van der Waals surface area contributed by atoms with Crippen LogP contribution in [0.2, 0.25) is 0 Å². The fourth-order valence-corrected chi connectivity index (χ4v) is 3.66. The molecule has 0 saturated heterocycles. The second-order valence-electron chi connectivity index (χ2n) is 7.62. The van der Waals surface area contributed by atoms with E-state index < -0.39 is 0 Å². The van der Waals surface area contributed by atoms with Crippen LogP contribution in [0.15, 0.2) is 48.8 Å². The van der Waals surface area contributed by atoms with Gasteiger partial charge >= 0.3 is 0 Å². The lowest BCUT2D eigenvalue weighted by Gasteiger charge is -2.14. The predicted octanol–water partition coefficient (Wildman–Crippen LogP) is 4.62. The van der Waals surface area contributed by atoms with Gasteiger partial charge in [0.25, 0.3) is 5.91 Å². The molecular formula is C24H25N5O2. The van der Waals surface area contributed by atoms with E-state index in [1.165, 1.54) is 6.33 Å². The molecule has 0 saturated carbocycles. The monoisotopic (exact) mass is 415 g/mol. The quantitative estimate of drug-likeness (QED) is 0.565. The maximum atomic E-state index is 13.0. The standard InChI is InChI=1S/C24H25N5O2/c1-3-16-7-9-19(27-22-11-15(2)25-14-26-22)13-21(16)29-24(31)18-8-10-20-17(12-18)5-4-6-23(30)28-20/h7-14H,3-6H2,1-2H3,(H,28,30)(H,29,31)(H,25,26,27). The van der Waals surface area contributed by atoms with Crippen LogP contribution in [0.1, 0.15) is 46.9 Å².